The zero-order valence-electron chi connectivity index (χ0n) is 13.9. The summed E-state index contributed by atoms with van der Waals surface area (Å²) in [6, 6.07) is 9.12. The summed E-state index contributed by atoms with van der Waals surface area (Å²) in [5.74, 6) is -0.542. The number of nitrogens with zero attached hydrogens (tertiary/aromatic N) is 1. The number of hydrogen-bond acceptors (Lipinski definition) is 4. The minimum atomic E-state index is -0.868. The Labute approximate surface area is 136 Å². The van der Waals surface area contributed by atoms with Crippen molar-refractivity contribution in [2.75, 3.05) is 5.43 Å². The van der Waals surface area contributed by atoms with Crippen LogP contribution in [0.1, 0.15) is 40.0 Å². The molecule has 6 heteroatoms. The molecule has 2 atom stereocenters. The molecule has 2 rings (SSSR count). The lowest BCUT2D eigenvalue weighted by atomic mass is 10.0. The molecule has 1 amide bonds. The average Bonchev–Trinajstić information content (AvgIpc) is 2.71. The van der Waals surface area contributed by atoms with Gasteiger partial charge >= 0.3 is 5.97 Å². The molecule has 1 aromatic carbocycles. The van der Waals surface area contributed by atoms with Gasteiger partial charge in [-0.15, -0.1) is 0 Å². The largest absolute Gasteiger partial charge is 0.481 e. The van der Waals surface area contributed by atoms with Crippen molar-refractivity contribution in [1.82, 2.24) is 10.3 Å². The monoisotopic (exact) mass is 319 g/mol. The lowest BCUT2D eigenvalue weighted by Gasteiger charge is -2.35. The summed E-state index contributed by atoms with van der Waals surface area (Å²) in [6.45, 7) is 6.00. The lowest BCUT2D eigenvalue weighted by Crippen LogP contribution is -2.52. The molecule has 0 spiro atoms. The van der Waals surface area contributed by atoms with Crippen molar-refractivity contribution >= 4 is 17.6 Å². The summed E-state index contributed by atoms with van der Waals surface area (Å²) in [6.07, 6.45) is 1.05. The molecular formula is C17H25N3O3. The molecule has 23 heavy (non-hydrogen) atoms. The topological polar surface area (TPSA) is 81.7 Å². The Morgan fingerprint density at radius 3 is 2.61 bits per heavy atom. The number of carboxylic acid groups (broad SMARTS) is 1. The van der Waals surface area contributed by atoms with E-state index in [-0.39, 0.29) is 18.4 Å². The highest BCUT2D eigenvalue weighted by molar-refractivity contribution is 5.86. The van der Waals surface area contributed by atoms with E-state index in [4.69, 9.17) is 5.11 Å². The number of hydrazine groups is 1. The number of benzene rings is 1. The van der Waals surface area contributed by atoms with Crippen molar-refractivity contribution in [2.45, 2.75) is 51.7 Å². The maximum atomic E-state index is 12.8. The van der Waals surface area contributed by atoms with Gasteiger partial charge in [0.25, 0.3) is 5.91 Å². The van der Waals surface area contributed by atoms with Gasteiger partial charge in [-0.05, 0) is 37.8 Å². The standard InChI is InChI=1S/C17H25N3O3/c1-12(2)11-14-16(23)20(19-13-7-5-4-6-8-13)17(3,18-14)10-9-15(21)22/h4-8,12,14,18-19H,9-11H2,1-3H3,(H,21,22)/t14-,17?/m0/s1. The van der Waals surface area contributed by atoms with E-state index in [0.717, 1.165) is 5.69 Å². The van der Waals surface area contributed by atoms with Gasteiger partial charge in [-0.1, -0.05) is 32.0 Å². The van der Waals surface area contributed by atoms with Crippen LogP contribution in [0.3, 0.4) is 0 Å². The van der Waals surface area contributed by atoms with E-state index < -0.39 is 11.6 Å². The fraction of sp³-hybridized carbons (Fsp3) is 0.529. The summed E-state index contributed by atoms with van der Waals surface area (Å²) in [5, 5.41) is 13.9. The number of hydrogen-bond donors (Lipinski definition) is 3. The van der Waals surface area contributed by atoms with Gasteiger partial charge in [0.15, 0.2) is 0 Å². The number of rotatable bonds is 7. The second-order valence-corrected chi connectivity index (χ2v) is 6.65. The van der Waals surface area contributed by atoms with E-state index in [1.165, 1.54) is 0 Å². The molecule has 1 fully saturated rings. The van der Waals surface area contributed by atoms with Crippen LogP contribution in [0.2, 0.25) is 0 Å². The number of anilines is 1. The second-order valence-electron chi connectivity index (χ2n) is 6.65. The third-order valence-electron chi connectivity index (χ3n) is 4.04. The first-order valence-electron chi connectivity index (χ1n) is 7.97. The Balaban J connectivity index is 2.21. The van der Waals surface area contributed by atoms with E-state index in [9.17, 15) is 9.59 Å². The minimum Gasteiger partial charge on any atom is -0.481 e. The Morgan fingerprint density at radius 2 is 2.04 bits per heavy atom. The van der Waals surface area contributed by atoms with Gasteiger partial charge in [0.2, 0.25) is 0 Å². The van der Waals surface area contributed by atoms with Crippen LogP contribution >= 0.6 is 0 Å². The highest BCUT2D eigenvalue weighted by Crippen LogP contribution is 2.29. The SMILES string of the molecule is CC(C)C[C@@H]1NC(C)(CCC(=O)O)N(Nc2ccccc2)C1=O. The first-order chi connectivity index (χ1) is 10.8. The van der Waals surface area contributed by atoms with Crippen LogP contribution in [-0.4, -0.2) is 33.7 Å². The first kappa shape index (κ1) is 17.3. The lowest BCUT2D eigenvalue weighted by molar-refractivity contribution is -0.139. The molecule has 0 bridgehead atoms. The molecule has 1 aliphatic heterocycles. The summed E-state index contributed by atoms with van der Waals surface area (Å²) in [5.41, 5.74) is 3.21. The van der Waals surface area contributed by atoms with Gasteiger partial charge in [-0.2, -0.15) is 0 Å². The number of aliphatic carboxylic acids is 1. The Hall–Kier alpha value is -2.08. The molecule has 3 N–H and O–H groups in total. The van der Waals surface area contributed by atoms with Crippen LogP contribution in [-0.2, 0) is 9.59 Å². The van der Waals surface area contributed by atoms with Gasteiger partial charge in [0, 0.05) is 6.42 Å². The van der Waals surface area contributed by atoms with Crippen molar-refractivity contribution in [3.63, 3.8) is 0 Å². The predicted octanol–water partition coefficient (Wildman–Crippen LogP) is 2.44. The molecule has 0 aromatic heterocycles. The molecule has 1 heterocycles. The molecule has 6 nitrogen and oxygen atoms in total. The van der Waals surface area contributed by atoms with Crippen molar-refractivity contribution in [3.05, 3.63) is 30.3 Å². The zero-order chi connectivity index (χ0) is 17.0. The fourth-order valence-electron chi connectivity index (χ4n) is 2.89. The van der Waals surface area contributed by atoms with E-state index in [2.05, 4.69) is 24.6 Å². The van der Waals surface area contributed by atoms with Crippen molar-refractivity contribution in [2.24, 2.45) is 5.92 Å². The molecule has 0 saturated carbocycles. The average molecular weight is 319 g/mol. The Kier molecular flexibility index (Phi) is 5.26. The number of amides is 1. The maximum absolute atomic E-state index is 12.8. The van der Waals surface area contributed by atoms with Crippen molar-refractivity contribution < 1.29 is 14.7 Å². The molecule has 0 aliphatic carbocycles. The van der Waals surface area contributed by atoms with Gasteiger partial charge in [0.05, 0.1) is 11.7 Å². The van der Waals surface area contributed by atoms with E-state index in [1.807, 2.05) is 37.3 Å². The maximum Gasteiger partial charge on any atom is 0.303 e. The van der Waals surface area contributed by atoms with Gasteiger partial charge in [-0.25, -0.2) is 5.01 Å². The fourth-order valence-corrected chi connectivity index (χ4v) is 2.89. The van der Waals surface area contributed by atoms with Gasteiger partial charge < -0.3 is 5.11 Å². The second kappa shape index (κ2) is 7.00. The highest BCUT2D eigenvalue weighted by Gasteiger charge is 2.47. The Bertz CT molecular complexity index is 561. The number of carbonyl (C=O) groups excluding carboxylic acids is 1. The quantitative estimate of drug-likeness (QED) is 0.719. The predicted molar refractivity (Wildman–Crippen MR) is 88.6 cm³/mol. The van der Waals surface area contributed by atoms with Crippen LogP contribution in [0.4, 0.5) is 5.69 Å². The Morgan fingerprint density at radius 1 is 1.39 bits per heavy atom. The van der Waals surface area contributed by atoms with Crippen molar-refractivity contribution in [3.8, 4) is 0 Å². The summed E-state index contributed by atoms with van der Waals surface area (Å²) in [7, 11) is 0. The smallest absolute Gasteiger partial charge is 0.303 e. The first-order valence-corrected chi connectivity index (χ1v) is 7.97. The normalized spacial score (nSPS) is 24.3. The van der Waals surface area contributed by atoms with Crippen LogP contribution in [0, 0.1) is 5.92 Å². The molecule has 0 radical (unpaired) electrons. The van der Waals surface area contributed by atoms with E-state index in [0.29, 0.717) is 18.8 Å². The summed E-state index contributed by atoms with van der Waals surface area (Å²) < 4.78 is 0. The van der Waals surface area contributed by atoms with Gasteiger partial charge in [0.1, 0.15) is 5.66 Å². The third-order valence-corrected chi connectivity index (χ3v) is 4.04. The minimum absolute atomic E-state index is 0.00184. The number of carbonyl (C=O) groups is 2. The molecule has 126 valence electrons. The summed E-state index contributed by atoms with van der Waals surface area (Å²) in [4.78, 5) is 23.7. The van der Waals surface area contributed by atoms with Crippen LogP contribution < -0.4 is 10.7 Å². The number of carboxylic acids is 1. The molecular weight excluding hydrogens is 294 g/mol. The summed E-state index contributed by atoms with van der Waals surface area (Å²) >= 11 is 0. The third kappa shape index (κ3) is 4.22. The molecule has 1 aliphatic rings. The molecule has 1 unspecified atom stereocenters. The van der Waals surface area contributed by atoms with Crippen LogP contribution in [0.5, 0.6) is 0 Å². The molecule has 1 saturated heterocycles. The van der Waals surface area contributed by atoms with Gasteiger partial charge in [-0.3, -0.25) is 20.3 Å². The number of para-hydroxylation sites is 1. The van der Waals surface area contributed by atoms with E-state index in [1.54, 1.807) is 5.01 Å². The van der Waals surface area contributed by atoms with Crippen molar-refractivity contribution in [1.29, 1.82) is 0 Å². The van der Waals surface area contributed by atoms with Crippen LogP contribution in [0.25, 0.3) is 0 Å². The van der Waals surface area contributed by atoms with E-state index >= 15 is 0 Å². The number of nitrogens with one attached hydrogen (secondary N) is 2. The highest BCUT2D eigenvalue weighted by atomic mass is 16.4. The van der Waals surface area contributed by atoms with Crippen LogP contribution in [0.15, 0.2) is 30.3 Å². The molecule has 1 aromatic rings. The zero-order valence-corrected chi connectivity index (χ0v) is 13.9.